The third-order valence-electron chi connectivity index (χ3n) is 4.26. The summed E-state index contributed by atoms with van der Waals surface area (Å²) in [6, 6.07) is 10.8. The number of benzene rings is 2. The van der Waals surface area contributed by atoms with E-state index in [1.807, 2.05) is 31.2 Å². The zero-order valence-electron chi connectivity index (χ0n) is 14.8. The van der Waals surface area contributed by atoms with Gasteiger partial charge in [0.15, 0.2) is 6.61 Å². The molecule has 142 valence electrons. The van der Waals surface area contributed by atoms with E-state index in [9.17, 15) is 14.0 Å². The standard InChI is InChI=1S/C20H20ClFN2O3/c1-12(13-4-7-16(8-5-13)24-20(26)14-2-3-14)23-19(25)11-27-18-9-6-15(22)10-17(18)21/h4-10,12,14H,2-3,11H2,1H3,(H,23,25)(H,24,26). The van der Waals surface area contributed by atoms with E-state index in [2.05, 4.69) is 10.6 Å². The van der Waals surface area contributed by atoms with Crippen LogP contribution in [0.1, 0.15) is 31.4 Å². The maximum Gasteiger partial charge on any atom is 0.258 e. The van der Waals surface area contributed by atoms with Crippen molar-refractivity contribution < 1.29 is 18.7 Å². The summed E-state index contributed by atoms with van der Waals surface area (Å²) in [5, 5.41) is 5.80. The Hall–Kier alpha value is -2.60. The molecular weight excluding hydrogens is 371 g/mol. The van der Waals surface area contributed by atoms with Gasteiger partial charge >= 0.3 is 0 Å². The van der Waals surface area contributed by atoms with Crippen molar-refractivity contribution in [2.75, 3.05) is 11.9 Å². The molecule has 2 amide bonds. The second kappa shape index (κ2) is 8.39. The lowest BCUT2D eigenvalue weighted by atomic mass is 10.1. The summed E-state index contributed by atoms with van der Waals surface area (Å²) in [6.45, 7) is 1.62. The highest BCUT2D eigenvalue weighted by Gasteiger charge is 2.29. The molecule has 1 unspecified atom stereocenters. The van der Waals surface area contributed by atoms with Crippen LogP contribution in [0, 0.1) is 11.7 Å². The second-order valence-electron chi connectivity index (χ2n) is 6.54. The van der Waals surface area contributed by atoms with Crippen LogP contribution in [0.3, 0.4) is 0 Å². The zero-order valence-corrected chi connectivity index (χ0v) is 15.6. The topological polar surface area (TPSA) is 67.4 Å². The van der Waals surface area contributed by atoms with E-state index >= 15 is 0 Å². The van der Waals surface area contributed by atoms with Crippen LogP contribution in [0.5, 0.6) is 5.75 Å². The van der Waals surface area contributed by atoms with Gasteiger partial charge in [-0.2, -0.15) is 0 Å². The van der Waals surface area contributed by atoms with E-state index in [0.29, 0.717) is 0 Å². The molecule has 1 fully saturated rings. The van der Waals surface area contributed by atoms with Crippen molar-refractivity contribution in [1.82, 2.24) is 5.32 Å². The molecule has 2 N–H and O–H groups in total. The van der Waals surface area contributed by atoms with Crippen LogP contribution in [0.25, 0.3) is 0 Å². The number of carbonyl (C=O) groups excluding carboxylic acids is 2. The van der Waals surface area contributed by atoms with Crippen molar-refractivity contribution in [3.05, 3.63) is 58.9 Å². The Kier molecular flexibility index (Phi) is 5.96. The first-order valence-electron chi connectivity index (χ1n) is 8.70. The second-order valence-corrected chi connectivity index (χ2v) is 6.95. The number of anilines is 1. The van der Waals surface area contributed by atoms with Gasteiger partial charge in [-0.05, 0) is 55.7 Å². The van der Waals surface area contributed by atoms with E-state index in [0.717, 1.165) is 30.2 Å². The molecule has 0 aromatic heterocycles. The molecule has 0 aliphatic heterocycles. The quantitative estimate of drug-likeness (QED) is 0.748. The summed E-state index contributed by atoms with van der Waals surface area (Å²) in [6.07, 6.45) is 1.91. The lowest BCUT2D eigenvalue weighted by molar-refractivity contribution is -0.123. The predicted molar refractivity (Wildman–Crippen MR) is 101 cm³/mol. The van der Waals surface area contributed by atoms with Crippen LogP contribution in [-0.4, -0.2) is 18.4 Å². The Bertz CT molecular complexity index is 838. The maximum absolute atomic E-state index is 13.0. The normalized spacial score (nSPS) is 14.3. The van der Waals surface area contributed by atoms with Crippen molar-refractivity contribution in [3.8, 4) is 5.75 Å². The molecule has 1 saturated carbocycles. The molecule has 0 bridgehead atoms. The summed E-state index contributed by atoms with van der Waals surface area (Å²) >= 11 is 5.86. The number of rotatable bonds is 7. The minimum Gasteiger partial charge on any atom is -0.482 e. The van der Waals surface area contributed by atoms with Gasteiger partial charge in [0, 0.05) is 11.6 Å². The summed E-state index contributed by atoms with van der Waals surface area (Å²) in [5.74, 6) is -0.342. The van der Waals surface area contributed by atoms with E-state index in [1.54, 1.807) is 0 Å². The molecule has 0 spiro atoms. The van der Waals surface area contributed by atoms with E-state index < -0.39 is 5.82 Å². The molecule has 1 aliphatic carbocycles. The Balaban J connectivity index is 1.49. The van der Waals surface area contributed by atoms with Gasteiger partial charge in [0.2, 0.25) is 5.91 Å². The summed E-state index contributed by atoms with van der Waals surface area (Å²) < 4.78 is 18.3. The summed E-state index contributed by atoms with van der Waals surface area (Å²) in [7, 11) is 0. The van der Waals surface area contributed by atoms with Gasteiger partial charge in [-0.1, -0.05) is 23.7 Å². The first-order chi connectivity index (χ1) is 12.9. The van der Waals surface area contributed by atoms with Crippen molar-refractivity contribution in [3.63, 3.8) is 0 Å². The number of hydrogen-bond donors (Lipinski definition) is 2. The average molecular weight is 391 g/mol. The molecule has 27 heavy (non-hydrogen) atoms. The van der Waals surface area contributed by atoms with Crippen LogP contribution >= 0.6 is 11.6 Å². The van der Waals surface area contributed by atoms with E-state index in [4.69, 9.17) is 16.3 Å². The summed E-state index contributed by atoms with van der Waals surface area (Å²) in [4.78, 5) is 23.8. The van der Waals surface area contributed by atoms with E-state index in [1.165, 1.54) is 12.1 Å². The SMILES string of the molecule is CC(NC(=O)COc1ccc(F)cc1Cl)c1ccc(NC(=O)C2CC2)cc1. The highest BCUT2D eigenvalue weighted by Crippen LogP contribution is 2.30. The molecule has 1 aliphatic rings. The van der Waals surface area contributed by atoms with Crippen LogP contribution in [0.4, 0.5) is 10.1 Å². The molecule has 0 radical (unpaired) electrons. The first kappa shape index (κ1) is 19.2. The van der Waals surface area contributed by atoms with Gasteiger partial charge < -0.3 is 15.4 Å². The molecule has 7 heteroatoms. The maximum atomic E-state index is 13.0. The van der Waals surface area contributed by atoms with Crippen LogP contribution in [0.2, 0.25) is 5.02 Å². The monoisotopic (exact) mass is 390 g/mol. The predicted octanol–water partition coefficient (Wildman–Crippen LogP) is 4.08. The number of carbonyl (C=O) groups is 2. The fourth-order valence-electron chi connectivity index (χ4n) is 2.55. The Morgan fingerprint density at radius 2 is 1.93 bits per heavy atom. The minimum absolute atomic E-state index is 0.0562. The van der Waals surface area contributed by atoms with Gasteiger partial charge in [-0.3, -0.25) is 9.59 Å². The van der Waals surface area contributed by atoms with Crippen LogP contribution < -0.4 is 15.4 Å². The smallest absolute Gasteiger partial charge is 0.258 e. The van der Waals surface area contributed by atoms with Crippen LogP contribution in [-0.2, 0) is 9.59 Å². The lowest BCUT2D eigenvalue weighted by Crippen LogP contribution is -2.31. The zero-order chi connectivity index (χ0) is 19.4. The first-order valence-corrected chi connectivity index (χ1v) is 9.08. The molecule has 5 nitrogen and oxygen atoms in total. The van der Waals surface area contributed by atoms with Crippen LogP contribution in [0.15, 0.2) is 42.5 Å². The molecule has 1 atom stereocenters. The third kappa shape index (κ3) is 5.44. The molecule has 3 rings (SSSR count). The van der Waals surface area contributed by atoms with Crippen molar-refractivity contribution in [2.24, 2.45) is 5.92 Å². The fourth-order valence-corrected chi connectivity index (χ4v) is 2.77. The van der Waals surface area contributed by atoms with Gasteiger partial charge in [0.25, 0.3) is 5.91 Å². The molecule has 0 heterocycles. The number of ether oxygens (including phenoxy) is 1. The number of hydrogen-bond acceptors (Lipinski definition) is 3. The number of amides is 2. The molecule has 2 aromatic carbocycles. The van der Waals surface area contributed by atoms with Gasteiger partial charge in [-0.25, -0.2) is 4.39 Å². The molecule has 0 saturated heterocycles. The van der Waals surface area contributed by atoms with Crippen molar-refractivity contribution in [1.29, 1.82) is 0 Å². The highest BCUT2D eigenvalue weighted by molar-refractivity contribution is 6.32. The van der Waals surface area contributed by atoms with Gasteiger partial charge in [0.1, 0.15) is 11.6 Å². The minimum atomic E-state index is -0.470. The third-order valence-corrected chi connectivity index (χ3v) is 4.55. The number of nitrogens with one attached hydrogen (secondary N) is 2. The van der Waals surface area contributed by atoms with Gasteiger partial charge in [0.05, 0.1) is 11.1 Å². The molecular formula is C20H20ClFN2O3. The Morgan fingerprint density at radius 3 is 2.56 bits per heavy atom. The van der Waals surface area contributed by atoms with Gasteiger partial charge in [-0.15, -0.1) is 0 Å². The molecule has 2 aromatic rings. The highest BCUT2D eigenvalue weighted by atomic mass is 35.5. The van der Waals surface area contributed by atoms with E-state index in [-0.39, 0.29) is 41.2 Å². The summed E-state index contributed by atoms with van der Waals surface area (Å²) in [5.41, 5.74) is 1.64. The largest absolute Gasteiger partial charge is 0.482 e. The average Bonchev–Trinajstić information content (AvgIpc) is 3.46. The van der Waals surface area contributed by atoms with Crippen molar-refractivity contribution in [2.45, 2.75) is 25.8 Å². The fraction of sp³-hybridized carbons (Fsp3) is 0.300. The lowest BCUT2D eigenvalue weighted by Gasteiger charge is -2.16. The number of halogens is 2. The Labute approximate surface area is 161 Å². The Morgan fingerprint density at radius 1 is 1.22 bits per heavy atom. The van der Waals surface area contributed by atoms with Crippen molar-refractivity contribution >= 4 is 29.1 Å².